The van der Waals surface area contributed by atoms with Crippen LogP contribution in [0.15, 0.2) is 41.3 Å². The first-order valence-electron chi connectivity index (χ1n) is 8.23. The van der Waals surface area contributed by atoms with Gasteiger partial charge in [-0.1, -0.05) is 17.7 Å². The molecular weight excluding hydrogens is 395 g/mol. The van der Waals surface area contributed by atoms with Crippen LogP contribution in [0.5, 0.6) is 5.75 Å². The highest BCUT2D eigenvalue weighted by Crippen LogP contribution is 2.29. The lowest BCUT2D eigenvalue weighted by atomic mass is 10.1. The number of carbonyl (C=O) groups excluding carboxylic acids is 1. The summed E-state index contributed by atoms with van der Waals surface area (Å²) in [6.07, 6.45) is 1.32. The molecule has 1 aliphatic rings. The minimum atomic E-state index is -3.69. The van der Waals surface area contributed by atoms with Gasteiger partial charge in [0, 0.05) is 16.6 Å². The van der Waals surface area contributed by atoms with Gasteiger partial charge in [-0.05, 0) is 43.2 Å². The van der Waals surface area contributed by atoms with Gasteiger partial charge in [0.25, 0.3) is 0 Å². The molecule has 1 saturated carbocycles. The summed E-state index contributed by atoms with van der Waals surface area (Å²) < 4.78 is 46.3. The number of ether oxygens (including phenoxy) is 1. The molecule has 0 saturated heterocycles. The van der Waals surface area contributed by atoms with Crippen LogP contribution in [0.2, 0.25) is 5.02 Å². The molecule has 3 rings (SSSR count). The third-order valence-corrected chi connectivity index (χ3v) is 5.93. The molecule has 1 fully saturated rings. The van der Waals surface area contributed by atoms with E-state index in [4.69, 9.17) is 16.3 Å². The van der Waals surface area contributed by atoms with Gasteiger partial charge >= 0.3 is 0 Å². The van der Waals surface area contributed by atoms with E-state index in [1.807, 2.05) is 0 Å². The summed E-state index contributed by atoms with van der Waals surface area (Å²) in [6, 6.07) is 8.27. The van der Waals surface area contributed by atoms with Gasteiger partial charge in [0.2, 0.25) is 15.9 Å². The van der Waals surface area contributed by atoms with Gasteiger partial charge in [-0.2, -0.15) is 0 Å². The standard InChI is InChI=1S/C18H18ClFN2O4S/c1-26-17-8-7-12(27(24,25)22-11-5-6-11)9-16(17)21-18(23)10-13-14(19)3-2-4-15(13)20/h2-4,7-9,11,22H,5-6,10H2,1H3,(H,21,23). The van der Waals surface area contributed by atoms with E-state index in [9.17, 15) is 17.6 Å². The minimum absolute atomic E-state index is 0.00873. The normalized spacial score (nSPS) is 14.0. The number of hydrogen-bond acceptors (Lipinski definition) is 4. The lowest BCUT2D eigenvalue weighted by Gasteiger charge is -2.13. The average molecular weight is 413 g/mol. The molecular formula is C18H18ClFN2O4S. The van der Waals surface area contributed by atoms with E-state index in [1.165, 1.54) is 43.5 Å². The Morgan fingerprint density at radius 1 is 1.30 bits per heavy atom. The van der Waals surface area contributed by atoms with Crippen LogP contribution in [0, 0.1) is 5.82 Å². The maximum atomic E-state index is 13.9. The van der Waals surface area contributed by atoms with Crippen molar-refractivity contribution >= 4 is 33.2 Å². The fraction of sp³-hybridized carbons (Fsp3) is 0.278. The maximum absolute atomic E-state index is 13.9. The van der Waals surface area contributed by atoms with E-state index >= 15 is 0 Å². The number of hydrogen-bond donors (Lipinski definition) is 2. The monoisotopic (exact) mass is 412 g/mol. The summed E-state index contributed by atoms with van der Waals surface area (Å²) in [5, 5.41) is 2.71. The molecule has 27 heavy (non-hydrogen) atoms. The van der Waals surface area contributed by atoms with Crippen LogP contribution >= 0.6 is 11.6 Å². The van der Waals surface area contributed by atoms with Gasteiger partial charge in [0.1, 0.15) is 11.6 Å². The first-order valence-corrected chi connectivity index (χ1v) is 10.1. The molecule has 2 aromatic rings. The molecule has 0 unspecified atom stereocenters. The summed E-state index contributed by atoms with van der Waals surface area (Å²) in [5.74, 6) is -0.854. The summed E-state index contributed by atoms with van der Waals surface area (Å²) in [5.41, 5.74) is 0.239. The molecule has 0 heterocycles. The predicted octanol–water partition coefficient (Wildman–Crippen LogP) is 3.11. The topological polar surface area (TPSA) is 84.5 Å². The van der Waals surface area contributed by atoms with Crippen LogP contribution < -0.4 is 14.8 Å². The lowest BCUT2D eigenvalue weighted by molar-refractivity contribution is -0.115. The molecule has 0 radical (unpaired) electrons. The van der Waals surface area contributed by atoms with Gasteiger partial charge in [0.15, 0.2) is 0 Å². The van der Waals surface area contributed by atoms with Crippen molar-refractivity contribution in [3.63, 3.8) is 0 Å². The first kappa shape index (κ1) is 19.6. The van der Waals surface area contributed by atoms with Crippen molar-refractivity contribution in [1.82, 2.24) is 4.72 Å². The summed E-state index contributed by atoms with van der Waals surface area (Å²) in [4.78, 5) is 12.4. The van der Waals surface area contributed by atoms with E-state index in [1.54, 1.807) is 0 Å². The second kappa shape index (κ2) is 7.84. The van der Waals surface area contributed by atoms with Crippen molar-refractivity contribution < 1.29 is 22.3 Å². The molecule has 1 amide bonds. The van der Waals surface area contributed by atoms with Crippen molar-refractivity contribution in [3.8, 4) is 5.75 Å². The highest BCUT2D eigenvalue weighted by atomic mass is 35.5. The smallest absolute Gasteiger partial charge is 0.240 e. The Hall–Kier alpha value is -2.16. The fourth-order valence-electron chi connectivity index (χ4n) is 2.50. The number of rotatable bonds is 7. The number of nitrogens with one attached hydrogen (secondary N) is 2. The van der Waals surface area contributed by atoms with E-state index in [-0.39, 0.29) is 39.4 Å². The Balaban J connectivity index is 1.82. The molecule has 0 spiro atoms. The minimum Gasteiger partial charge on any atom is -0.495 e. The molecule has 144 valence electrons. The number of sulfonamides is 1. The highest BCUT2D eigenvalue weighted by molar-refractivity contribution is 7.89. The summed E-state index contributed by atoms with van der Waals surface area (Å²) in [6.45, 7) is 0. The van der Waals surface area contributed by atoms with Gasteiger partial charge in [-0.3, -0.25) is 4.79 Å². The zero-order chi connectivity index (χ0) is 19.6. The number of halogens is 2. The van der Waals surface area contributed by atoms with Crippen molar-refractivity contribution in [1.29, 1.82) is 0 Å². The maximum Gasteiger partial charge on any atom is 0.240 e. The molecule has 2 N–H and O–H groups in total. The predicted molar refractivity (Wildman–Crippen MR) is 100 cm³/mol. The Morgan fingerprint density at radius 2 is 2.04 bits per heavy atom. The number of anilines is 1. The number of amides is 1. The van der Waals surface area contributed by atoms with E-state index in [0.29, 0.717) is 0 Å². The summed E-state index contributed by atoms with van der Waals surface area (Å²) in [7, 11) is -2.29. The third kappa shape index (κ3) is 4.77. The third-order valence-electron chi connectivity index (χ3n) is 4.05. The van der Waals surface area contributed by atoms with Gasteiger partial charge < -0.3 is 10.1 Å². The SMILES string of the molecule is COc1ccc(S(=O)(=O)NC2CC2)cc1NC(=O)Cc1c(F)cccc1Cl. The van der Waals surface area contributed by atoms with Crippen LogP contribution in [0.4, 0.5) is 10.1 Å². The van der Waals surface area contributed by atoms with E-state index in [0.717, 1.165) is 12.8 Å². The highest BCUT2D eigenvalue weighted by Gasteiger charge is 2.28. The van der Waals surface area contributed by atoms with Crippen molar-refractivity contribution in [2.75, 3.05) is 12.4 Å². The van der Waals surface area contributed by atoms with Crippen molar-refractivity contribution in [2.24, 2.45) is 0 Å². The molecule has 0 bridgehead atoms. The quantitative estimate of drug-likeness (QED) is 0.731. The van der Waals surface area contributed by atoms with Crippen molar-refractivity contribution in [3.05, 3.63) is 52.8 Å². The Morgan fingerprint density at radius 3 is 2.67 bits per heavy atom. The number of benzene rings is 2. The molecule has 2 aromatic carbocycles. The van der Waals surface area contributed by atoms with Crippen LogP contribution in [-0.4, -0.2) is 27.5 Å². The van der Waals surface area contributed by atoms with E-state index < -0.39 is 21.7 Å². The molecule has 1 aliphatic carbocycles. The summed E-state index contributed by atoms with van der Waals surface area (Å²) >= 11 is 5.94. The number of methoxy groups -OCH3 is 1. The molecule has 0 aromatic heterocycles. The van der Waals surface area contributed by atoms with Crippen LogP contribution in [0.1, 0.15) is 18.4 Å². The Labute approximate surface area is 161 Å². The van der Waals surface area contributed by atoms with Gasteiger partial charge in [-0.25, -0.2) is 17.5 Å². The second-order valence-electron chi connectivity index (χ2n) is 6.18. The Kier molecular flexibility index (Phi) is 5.69. The van der Waals surface area contributed by atoms with Crippen LogP contribution in [0.3, 0.4) is 0 Å². The average Bonchev–Trinajstić information content (AvgIpc) is 3.41. The van der Waals surface area contributed by atoms with Gasteiger partial charge in [0.05, 0.1) is 24.1 Å². The Bertz CT molecular complexity index is 957. The number of carbonyl (C=O) groups is 1. The van der Waals surface area contributed by atoms with Gasteiger partial charge in [-0.15, -0.1) is 0 Å². The lowest BCUT2D eigenvalue weighted by Crippen LogP contribution is -2.26. The molecule has 0 atom stereocenters. The largest absolute Gasteiger partial charge is 0.495 e. The molecule has 9 heteroatoms. The fourth-order valence-corrected chi connectivity index (χ4v) is 4.06. The second-order valence-corrected chi connectivity index (χ2v) is 8.30. The molecule has 6 nitrogen and oxygen atoms in total. The zero-order valence-electron chi connectivity index (χ0n) is 14.5. The van der Waals surface area contributed by atoms with Crippen LogP contribution in [0.25, 0.3) is 0 Å². The van der Waals surface area contributed by atoms with E-state index in [2.05, 4.69) is 10.0 Å². The first-order chi connectivity index (χ1) is 12.8. The van der Waals surface area contributed by atoms with Crippen LogP contribution in [-0.2, 0) is 21.2 Å². The molecule has 0 aliphatic heterocycles. The van der Waals surface area contributed by atoms with Crippen molar-refractivity contribution in [2.45, 2.75) is 30.2 Å². The zero-order valence-corrected chi connectivity index (χ0v) is 16.0.